The molecule has 15 heavy (non-hydrogen) atoms. The van der Waals surface area contributed by atoms with Crippen LogP contribution in [0.5, 0.6) is 0 Å². The van der Waals surface area contributed by atoms with E-state index < -0.39 is 31.7 Å². The van der Waals surface area contributed by atoms with Crippen molar-refractivity contribution in [3.05, 3.63) is 28.8 Å². The number of primary sulfonamides is 1. The maximum Gasteiger partial charge on any atom is 0.417 e. The van der Waals surface area contributed by atoms with Crippen molar-refractivity contribution in [2.45, 2.75) is 11.1 Å². The summed E-state index contributed by atoms with van der Waals surface area (Å²) in [4.78, 5) is -1.10. The predicted octanol–water partition coefficient (Wildman–Crippen LogP) is 2.01. The van der Waals surface area contributed by atoms with Crippen LogP contribution in [0.2, 0.25) is 5.02 Å². The Morgan fingerprint density at radius 3 is 2.13 bits per heavy atom. The van der Waals surface area contributed by atoms with E-state index >= 15 is 0 Å². The van der Waals surface area contributed by atoms with Crippen molar-refractivity contribution in [1.82, 2.24) is 0 Å². The molecule has 0 atom stereocenters. The number of benzene rings is 1. The van der Waals surface area contributed by atoms with Crippen LogP contribution < -0.4 is 5.14 Å². The first-order valence-electron chi connectivity index (χ1n) is 3.52. The van der Waals surface area contributed by atoms with E-state index in [-0.39, 0.29) is 0 Å². The Labute approximate surface area is 88.7 Å². The van der Waals surface area contributed by atoms with Crippen molar-refractivity contribution in [2.24, 2.45) is 5.14 Å². The van der Waals surface area contributed by atoms with E-state index in [2.05, 4.69) is 5.14 Å². The lowest BCUT2D eigenvalue weighted by atomic mass is 10.2. The highest BCUT2D eigenvalue weighted by molar-refractivity contribution is 7.89. The molecule has 0 bridgehead atoms. The molecule has 0 heterocycles. The van der Waals surface area contributed by atoms with Crippen LogP contribution in [0.3, 0.4) is 0 Å². The second-order valence-corrected chi connectivity index (χ2v) is 4.56. The Hall–Kier alpha value is -0.790. The smallest absolute Gasteiger partial charge is 0.225 e. The fraction of sp³-hybridized carbons (Fsp3) is 0.143. The first-order valence-corrected chi connectivity index (χ1v) is 5.45. The summed E-state index contributed by atoms with van der Waals surface area (Å²) in [5, 5.41) is 4.09. The minimum absolute atomic E-state index is 0.549. The minimum Gasteiger partial charge on any atom is -0.225 e. The molecule has 3 nitrogen and oxygen atoms in total. The molecule has 1 aromatic rings. The summed E-state index contributed by atoms with van der Waals surface area (Å²) >= 11 is 5.36. The van der Waals surface area contributed by atoms with Crippen molar-refractivity contribution in [3.8, 4) is 0 Å². The number of hydrogen-bond acceptors (Lipinski definition) is 2. The summed E-state index contributed by atoms with van der Waals surface area (Å²) in [6.07, 6.45) is -4.81. The Morgan fingerprint density at radius 1 is 1.27 bits per heavy atom. The molecule has 0 aliphatic carbocycles. The van der Waals surface area contributed by atoms with E-state index in [1.165, 1.54) is 0 Å². The molecule has 0 unspecified atom stereocenters. The average molecular weight is 260 g/mol. The molecule has 0 saturated heterocycles. The van der Waals surface area contributed by atoms with E-state index in [0.29, 0.717) is 6.07 Å². The van der Waals surface area contributed by atoms with Gasteiger partial charge >= 0.3 is 6.18 Å². The summed E-state index contributed by atoms with van der Waals surface area (Å²) in [6, 6.07) is 2.63. The van der Waals surface area contributed by atoms with Gasteiger partial charge in [0.15, 0.2) is 0 Å². The third-order valence-electron chi connectivity index (χ3n) is 1.56. The second kappa shape index (κ2) is 3.66. The Balaban J connectivity index is 3.63. The van der Waals surface area contributed by atoms with Gasteiger partial charge in [0, 0.05) is 0 Å². The number of nitrogens with two attached hydrogens (primary N) is 1. The summed E-state index contributed by atoms with van der Waals surface area (Å²) in [6.45, 7) is 0. The zero-order valence-corrected chi connectivity index (χ0v) is 8.62. The van der Waals surface area contributed by atoms with Gasteiger partial charge in [-0.2, -0.15) is 13.2 Å². The number of alkyl halides is 3. The lowest BCUT2D eigenvalue weighted by molar-refractivity contribution is -0.139. The zero-order valence-electron chi connectivity index (χ0n) is 7.05. The molecule has 1 rings (SSSR count). The SMILES string of the molecule is NS(=O)(=O)c1c(Cl)cccc1C(F)(F)F. The topological polar surface area (TPSA) is 60.2 Å². The van der Waals surface area contributed by atoms with Gasteiger partial charge in [0.1, 0.15) is 4.90 Å². The van der Waals surface area contributed by atoms with E-state index in [4.69, 9.17) is 11.6 Å². The average Bonchev–Trinajstić information content (AvgIpc) is 1.99. The van der Waals surface area contributed by atoms with Crippen molar-refractivity contribution >= 4 is 21.6 Å². The van der Waals surface area contributed by atoms with Gasteiger partial charge in [0.2, 0.25) is 10.0 Å². The highest BCUT2D eigenvalue weighted by atomic mass is 35.5. The van der Waals surface area contributed by atoms with Crippen LogP contribution >= 0.6 is 11.6 Å². The van der Waals surface area contributed by atoms with E-state index in [1.807, 2.05) is 0 Å². The molecular formula is C7H5ClF3NO2S. The second-order valence-electron chi connectivity index (χ2n) is 2.66. The van der Waals surface area contributed by atoms with E-state index in [1.54, 1.807) is 0 Å². The third-order valence-corrected chi connectivity index (χ3v) is 2.99. The van der Waals surface area contributed by atoms with Crippen LogP contribution in [0.1, 0.15) is 5.56 Å². The van der Waals surface area contributed by atoms with E-state index in [9.17, 15) is 21.6 Å². The van der Waals surface area contributed by atoms with Crippen LogP contribution in [-0.4, -0.2) is 8.42 Å². The molecule has 0 aliphatic rings. The van der Waals surface area contributed by atoms with Gasteiger partial charge in [-0.05, 0) is 12.1 Å². The van der Waals surface area contributed by atoms with Crippen LogP contribution in [0.25, 0.3) is 0 Å². The predicted molar refractivity (Wildman–Crippen MR) is 47.8 cm³/mol. The van der Waals surface area contributed by atoms with Gasteiger partial charge in [0.25, 0.3) is 0 Å². The summed E-state index contributed by atoms with van der Waals surface area (Å²) in [7, 11) is -4.50. The zero-order chi connectivity index (χ0) is 11.9. The van der Waals surface area contributed by atoms with Gasteiger partial charge in [-0.1, -0.05) is 17.7 Å². The summed E-state index contributed by atoms with van der Waals surface area (Å²) in [5.41, 5.74) is -1.36. The largest absolute Gasteiger partial charge is 0.417 e. The molecule has 1 aromatic carbocycles. The summed E-state index contributed by atoms with van der Waals surface area (Å²) in [5.74, 6) is 0. The minimum atomic E-state index is -4.81. The number of hydrogen-bond donors (Lipinski definition) is 1. The van der Waals surface area contributed by atoms with Gasteiger partial charge in [-0.15, -0.1) is 0 Å². The maximum atomic E-state index is 12.4. The number of sulfonamides is 1. The number of halogens is 4. The summed E-state index contributed by atoms with van der Waals surface area (Å²) < 4.78 is 59.0. The fourth-order valence-electron chi connectivity index (χ4n) is 1.02. The molecule has 0 aliphatic heterocycles. The molecule has 84 valence electrons. The lowest BCUT2D eigenvalue weighted by Gasteiger charge is -2.11. The first-order chi connectivity index (χ1) is 6.64. The first kappa shape index (κ1) is 12.3. The van der Waals surface area contributed by atoms with Gasteiger partial charge in [-0.3, -0.25) is 0 Å². The van der Waals surface area contributed by atoms with Crippen molar-refractivity contribution < 1.29 is 21.6 Å². The molecule has 0 fully saturated rings. The number of rotatable bonds is 1. The fourth-order valence-corrected chi connectivity index (χ4v) is 2.35. The van der Waals surface area contributed by atoms with Crippen LogP contribution in [-0.2, 0) is 16.2 Å². The molecule has 2 N–H and O–H groups in total. The highest BCUT2D eigenvalue weighted by Gasteiger charge is 2.37. The molecular weight excluding hydrogens is 255 g/mol. The van der Waals surface area contributed by atoms with Gasteiger partial charge < -0.3 is 0 Å². The molecule has 0 radical (unpaired) electrons. The monoisotopic (exact) mass is 259 g/mol. The maximum absolute atomic E-state index is 12.4. The van der Waals surface area contributed by atoms with E-state index in [0.717, 1.165) is 12.1 Å². The van der Waals surface area contributed by atoms with Crippen molar-refractivity contribution in [1.29, 1.82) is 0 Å². The highest BCUT2D eigenvalue weighted by Crippen LogP contribution is 2.36. The molecule has 0 saturated carbocycles. The quantitative estimate of drug-likeness (QED) is 0.839. The Kier molecular flexibility index (Phi) is 2.99. The lowest BCUT2D eigenvalue weighted by Crippen LogP contribution is -2.19. The standard InChI is InChI=1S/C7H5ClF3NO2S/c8-5-3-1-2-4(7(9,10)11)6(5)15(12,13)14/h1-3H,(H2,12,13,14). The Bertz CT molecular complexity index is 483. The van der Waals surface area contributed by atoms with Gasteiger partial charge in [0.05, 0.1) is 10.6 Å². The molecule has 0 spiro atoms. The van der Waals surface area contributed by atoms with Crippen LogP contribution in [0, 0.1) is 0 Å². The van der Waals surface area contributed by atoms with Gasteiger partial charge in [-0.25, -0.2) is 13.6 Å². The van der Waals surface area contributed by atoms with Crippen LogP contribution in [0.15, 0.2) is 23.1 Å². The van der Waals surface area contributed by atoms with Crippen LogP contribution in [0.4, 0.5) is 13.2 Å². The van der Waals surface area contributed by atoms with Crippen molar-refractivity contribution in [3.63, 3.8) is 0 Å². The third kappa shape index (κ3) is 2.61. The van der Waals surface area contributed by atoms with Crippen molar-refractivity contribution in [2.75, 3.05) is 0 Å². The Morgan fingerprint density at radius 2 is 1.80 bits per heavy atom. The molecule has 0 aromatic heterocycles. The molecule has 8 heteroatoms. The molecule has 0 amide bonds. The normalized spacial score (nSPS) is 12.9.